The molecule has 2 aromatic carbocycles. The molecule has 0 fully saturated rings. The first-order valence-corrected chi connectivity index (χ1v) is 7.42. The third-order valence-electron chi connectivity index (χ3n) is 3.65. The van der Waals surface area contributed by atoms with E-state index >= 15 is 0 Å². The van der Waals surface area contributed by atoms with Gasteiger partial charge in [-0.1, -0.05) is 62.7 Å². The van der Waals surface area contributed by atoms with Gasteiger partial charge in [-0.2, -0.15) is 0 Å². The lowest BCUT2D eigenvalue weighted by molar-refractivity contribution is 0.0982. The number of rotatable bonds is 6. The van der Waals surface area contributed by atoms with E-state index in [4.69, 9.17) is 0 Å². The normalized spacial score (nSPS) is 10.4. The second-order valence-electron chi connectivity index (χ2n) is 5.07. The van der Waals surface area contributed by atoms with E-state index in [0.29, 0.717) is 17.5 Å². The van der Waals surface area contributed by atoms with E-state index in [0.717, 1.165) is 30.3 Å². The molecule has 0 spiro atoms. The molecule has 0 aliphatic rings. The third-order valence-corrected chi connectivity index (χ3v) is 3.65. The Hall–Kier alpha value is -2.22. The van der Waals surface area contributed by atoms with Gasteiger partial charge in [0, 0.05) is 17.5 Å². The number of benzene rings is 2. The van der Waals surface area contributed by atoms with E-state index in [2.05, 4.69) is 13.0 Å². The Morgan fingerprint density at radius 2 is 1.71 bits per heavy atom. The van der Waals surface area contributed by atoms with Crippen LogP contribution in [0, 0.1) is 0 Å². The van der Waals surface area contributed by atoms with Crippen molar-refractivity contribution < 1.29 is 9.59 Å². The number of aldehydes is 1. The number of Topliss-reactive ketones (excluding diaryl/α,β-unsaturated/α-hetero) is 1. The summed E-state index contributed by atoms with van der Waals surface area (Å²) in [5.74, 6) is 0.0130. The Balaban J connectivity index is 2.69. The Morgan fingerprint density at radius 3 is 2.38 bits per heavy atom. The van der Waals surface area contributed by atoms with Gasteiger partial charge in [0.15, 0.2) is 12.1 Å². The van der Waals surface area contributed by atoms with Gasteiger partial charge in [-0.3, -0.25) is 9.59 Å². The number of ketones is 1. The number of carbonyl (C=O) groups is 2. The second-order valence-corrected chi connectivity index (χ2v) is 5.07. The van der Waals surface area contributed by atoms with Gasteiger partial charge in [-0.15, -0.1) is 0 Å². The first kappa shape index (κ1) is 15.2. The highest BCUT2D eigenvalue weighted by Gasteiger charge is 2.17. The lowest BCUT2D eigenvalue weighted by Crippen LogP contribution is -2.05. The van der Waals surface area contributed by atoms with E-state index in [-0.39, 0.29) is 5.78 Å². The summed E-state index contributed by atoms with van der Waals surface area (Å²) in [6.07, 6.45) is 3.17. The number of hydrogen-bond donors (Lipinski definition) is 0. The Bertz CT molecular complexity index is 656. The molecule has 0 saturated carbocycles. The van der Waals surface area contributed by atoms with Crippen LogP contribution in [0.3, 0.4) is 0 Å². The molecule has 21 heavy (non-hydrogen) atoms. The zero-order valence-electron chi connectivity index (χ0n) is 12.6. The van der Waals surface area contributed by atoms with Crippen molar-refractivity contribution >= 4 is 12.1 Å². The Kier molecular flexibility index (Phi) is 5.04. The Labute approximate surface area is 125 Å². The minimum Gasteiger partial charge on any atom is -0.298 e. The van der Waals surface area contributed by atoms with Crippen molar-refractivity contribution in [2.45, 2.75) is 33.1 Å². The minimum absolute atomic E-state index is 0.0130. The largest absolute Gasteiger partial charge is 0.298 e. The number of carbonyl (C=O) groups excluding carboxylic acids is 2. The molecule has 0 saturated heterocycles. The molecule has 0 aliphatic carbocycles. The van der Waals surface area contributed by atoms with Crippen molar-refractivity contribution in [3.63, 3.8) is 0 Å². The summed E-state index contributed by atoms with van der Waals surface area (Å²) in [6.45, 7) is 3.96. The molecule has 0 unspecified atom stereocenters. The van der Waals surface area contributed by atoms with Gasteiger partial charge in [0.1, 0.15) is 0 Å². The lowest BCUT2D eigenvalue weighted by Gasteiger charge is -2.14. The maximum absolute atomic E-state index is 12.3. The zero-order valence-corrected chi connectivity index (χ0v) is 12.6. The molecule has 2 aromatic rings. The van der Waals surface area contributed by atoms with E-state index in [1.54, 1.807) is 6.07 Å². The van der Waals surface area contributed by atoms with Gasteiger partial charge in [-0.05, 0) is 23.1 Å². The molecular weight excluding hydrogens is 260 g/mol. The van der Waals surface area contributed by atoms with Gasteiger partial charge >= 0.3 is 0 Å². The van der Waals surface area contributed by atoms with E-state index < -0.39 is 0 Å². The summed E-state index contributed by atoms with van der Waals surface area (Å²) in [5, 5.41) is 0. The first-order chi connectivity index (χ1) is 10.2. The number of aryl methyl sites for hydroxylation is 1. The molecule has 2 nitrogen and oxygen atoms in total. The molecule has 0 heterocycles. The predicted octanol–water partition coefficient (Wildman–Crippen LogP) is 4.71. The summed E-state index contributed by atoms with van der Waals surface area (Å²) in [5.41, 5.74) is 4.17. The molecule has 0 aromatic heterocycles. The van der Waals surface area contributed by atoms with Crippen molar-refractivity contribution in [2.24, 2.45) is 0 Å². The molecule has 2 rings (SSSR count). The standard InChI is InChI=1S/C19H20O2/c1-3-8-14-9-5-6-11-16(14)17-12-7-10-15(13-20)19(17)18(21)4-2/h5-7,9-13H,3-4,8H2,1-2H3. The second kappa shape index (κ2) is 6.98. The van der Waals surface area contributed by atoms with Crippen molar-refractivity contribution in [1.29, 1.82) is 0 Å². The van der Waals surface area contributed by atoms with Crippen LogP contribution in [0.15, 0.2) is 42.5 Å². The maximum atomic E-state index is 12.3. The SMILES string of the molecule is CCCc1ccccc1-c1cccc(C=O)c1C(=O)CC. The lowest BCUT2D eigenvalue weighted by atomic mass is 9.89. The molecule has 0 N–H and O–H groups in total. The highest BCUT2D eigenvalue weighted by atomic mass is 16.1. The highest BCUT2D eigenvalue weighted by Crippen LogP contribution is 2.30. The van der Waals surface area contributed by atoms with Crippen molar-refractivity contribution in [3.8, 4) is 11.1 Å². The van der Waals surface area contributed by atoms with Crippen LogP contribution in [0.1, 0.15) is 53.0 Å². The fraction of sp³-hybridized carbons (Fsp3) is 0.263. The van der Waals surface area contributed by atoms with Crippen LogP contribution < -0.4 is 0 Å². The van der Waals surface area contributed by atoms with Crippen LogP contribution in [0.5, 0.6) is 0 Å². The van der Waals surface area contributed by atoms with Gasteiger partial charge in [0.25, 0.3) is 0 Å². The summed E-state index contributed by atoms with van der Waals surface area (Å²) < 4.78 is 0. The van der Waals surface area contributed by atoms with Gasteiger partial charge in [0.05, 0.1) is 0 Å². The van der Waals surface area contributed by atoms with Crippen molar-refractivity contribution in [1.82, 2.24) is 0 Å². The van der Waals surface area contributed by atoms with Crippen LogP contribution in [-0.2, 0) is 6.42 Å². The fourth-order valence-corrected chi connectivity index (χ4v) is 2.65. The van der Waals surface area contributed by atoms with Crippen LogP contribution >= 0.6 is 0 Å². The average molecular weight is 280 g/mol. The van der Waals surface area contributed by atoms with E-state index in [9.17, 15) is 9.59 Å². The first-order valence-electron chi connectivity index (χ1n) is 7.42. The minimum atomic E-state index is 0.0130. The summed E-state index contributed by atoms with van der Waals surface area (Å²) in [4.78, 5) is 23.6. The monoisotopic (exact) mass is 280 g/mol. The third kappa shape index (κ3) is 3.10. The molecule has 0 radical (unpaired) electrons. The molecule has 108 valence electrons. The molecule has 2 heteroatoms. The van der Waals surface area contributed by atoms with E-state index in [1.807, 2.05) is 37.3 Å². The summed E-state index contributed by atoms with van der Waals surface area (Å²) >= 11 is 0. The molecular formula is C19H20O2. The molecule has 0 amide bonds. The smallest absolute Gasteiger partial charge is 0.163 e. The maximum Gasteiger partial charge on any atom is 0.163 e. The highest BCUT2D eigenvalue weighted by molar-refractivity contribution is 6.08. The van der Waals surface area contributed by atoms with Gasteiger partial charge in [-0.25, -0.2) is 0 Å². The quantitative estimate of drug-likeness (QED) is 0.567. The Morgan fingerprint density at radius 1 is 1.00 bits per heavy atom. The van der Waals surface area contributed by atoms with Crippen LogP contribution in [0.2, 0.25) is 0 Å². The van der Waals surface area contributed by atoms with Gasteiger partial charge < -0.3 is 0 Å². The van der Waals surface area contributed by atoms with Gasteiger partial charge in [0.2, 0.25) is 0 Å². The molecule has 0 atom stereocenters. The van der Waals surface area contributed by atoms with Crippen LogP contribution in [0.4, 0.5) is 0 Å². The summed E-state index contributed by atoms with van der Waals surface area (Å²) in [7, 11) is 0. The summed E-state index contributed by atoms with van der Waals surface area (Å²) in [6, 6.07) is 13.6. The zero-order chi connectivity index (χ0) is 15.2. The van der Waals surface area contributed by atoms with Crippen LogP contribution in [-0.4, -0.2) is 12.1 Å². The average Bonchev–Trinajstić information content (AvgIpc) is 2.54. The molecule has 0 aliphatic heterocycles. The fourth-order valence-electron chi connectivity index (χ4n) is 2.65. The van der Waals surface area contributed by atoms with Crippen molar-refractivity contribution in [3.05, 3.63) is 59.2 Å². The number of hydrogen-bond acceptors (Lipinski definition) is 2. The van der Waals surface area contributed by atoms with Crippen LogP contribution in [0.25, 0.3) is 11.1 Å². The predicted molar refractivity (Wildman–Crippen MR) is 85.9 cm³/mol. The topological polar surface area (TPSA) is 34.1 Å². The van der Waals surface area contributed by atoms with E-state index in [1.165, 1.54) is 5.56 Å². The molecule has 0 bridgehead atoms. The van der Waals surface area contributed by atoms with Crippen molar-refractivity contribution in [2.75, 3.05) is 0 Å².